The zero-order valence-corrected chi connectivity index (χ0v) is 10.4. The lowest BCUT2D eigenvalue weighted by atomic mass is 10.1. The molecule has 5 heteroatoms. The Morgan fingerprint density at radius 3 is 2.83 bits per heavy atom. The number of nitrogens with zero attached hydrogens (tertiary/aromatic N) is 2. The van der Waals surface area contributed by atoms with Gasteiger partial charge in [0.2, 0.25) is 0 Å². The van der Waals surface area contributed by atoms with Crippen LogP contribution in [0.1, 0.15) is 17.5 Å². The predicted octanol–water partition coefficient (Wildman–Crippen LogP) is 1.69. The Bertz CT molecular complexity index is 469. The van der Waals surface area contributed by atoms with E-state index >= 15 is 0 Å². The molecular formula is C13H15FN2O2. The highest BCUT2D eigenvalue weighted by atomic mass is 19.1. The molecule has 0 aromatic heterocycles. The number of carbonyl (C=O) groups is 1. The minimum Gasteiger partial charge on any atom is -0.469 e. The monoisotopic (exact) mass is 250 g/mol. The summed E-state index contributed by atoms with van der Waals surface area (Å²) in [5.74, 6) is -0.693. The van der Waals surface area contributed by atoms with Gasteiger partial charge in [-0.3, -0.25) is 4.79 Å². The second-order valence-electron chi connectivity index (χ2n) is 3.98. The van der Waals surface area contributed by atoms with Crippen LogP contribution in [0.4, 0.5) is 4.39 Å². The summed E-state index contributed by atoms with van der Waals surface area (Å²) in [6, 6.07) is 6.25. The van der Waals surface area contributed by atoms with Crippen LogP contribution in [0.3, 0.4) is 0 Å². The number of benzene rings is 1. The number of esters is 1. The standard InChI is InChI=1S/C13H15FN2O2/c1-16(6-5-13(17)18-2)9-11-4-3-10(8-15)7-12(11)14/h3-4,7H,5-6,9H2,1-2H3. The quantitative estimate of drug-likeness (QED) is 0.746. The third-order valence-electron chi connectivity index (χ3n) is 2.55. The van der Waals surface area contributed by atoms with Crippen LogP contribution in [0, 0.1) is 17.1 Å². The fraction of sp³-hybridized carbons (Fsp3) is 0.385. The van der Waals surface area contributed by atoms with E-state index in [-0.39, 0.29) is 12.4 Å². The first-order valence-electron chi connectivity index (χ1n) is 5.50. The predicted molar refractivity (Wildman–Crippen MR) is 64.1 cm³/mol. The van der Waals surface area contributed by atoms with Gasteiger partial charge in [0, 0.05) is 18.7 Å². The van der Waals surface area contributed by atoms with E-state index in [1.165, 1.54) is 13.2 Å². The van der Waals surface area contributed by atoms with E-state index in [0.717, 1.165) is 0 Å². The molecule has 0 aliphatic carbocycles. The third kappa shape index (κ3) is 4.15. The number of rotatable bonds is 5. The second kappa shape index (κ2) is 6.72. The molecule has 0 N–H and O–H groups in total. The van der Waals surface area contributed by atoms with Crippen LogP contribution in [0.15, 0.2) is 18.2 Å². The number of ether oxygens (including phenoxy) is 1. The second-order valence-corrected chi connectivity index (χ2v) is 3.98. The lowest BCUT2D eigenvalue weighted by Gasteiger charge is -2.16. The molecule has 96 valence electrons. The Hall–Kier alpha value is -1.93. The summed E-state index contributed by atoms with van der Waals surface area (Å²) in [5, 5.41) is 8.63. The highest BCUT2D eigenvalue weighted by Crippen LogP contribution is 2.12. The molecule has 1 aromatic carbocycles. The van der Waals surface area contributed by atoms with E-state index in [2.05, 4.69) is 4.74 Å². The molecule has 4 nitrogen and oxygen atoms in total. The van der Waals surface area contributed by atoms with Gasteiger partial charge >= 0.3 is 5.97 Å². The van der Waals surface area contributed by atoms with Gasteiger partial charge in [-0.15, -0.1) is 0 Å². The van der Waals surface area contributed by atoms with Crippen molar-refractivity contribution in [3.8, 4) is 6.07 Å². The van der Waals surface area contributed by atoms with Gasteiger partial charge in [0.1, 0.15) is 5.82 Å². The van der Waals surface area contributed by atoms with Crippen LogP contribution in [-0.4, -0.2) is 31.6 Å². The van der Waals surface area contributed by atoms with Crippen molar-refractivity contribution in [3.05, 3.63) is 35.1 Å². The molecule has 0 bridgehead atoms. The molecule has 1 rings (SSSR count). The van der Waals surface area contributed by atoms with Gasteiger partial charge < -0.3 is 9.64 Å². The Labute approximate surface area is 106 Å². The van der Waals surface area contributed by atoms with E-state index in [0.29, 0.717) is 24.2 Å². The van der Waals surface area contributed by atoms with Crippen LogP contribution >= 0.6 is 0 Å². The minimum atomic E-state index is -0.404. The Morgan fingerprint density at radius 1 is 1.56 bits per heavy atom. The number of halogens is 1. The topological polar surface area (TPSA) is 53.3 Å². The Balaban J connectivity index is 2.57. The first-order valence-corrected chi connectivity index (χ1v) is 5.50. The van der Waals surface area contributed by atoms with E-state index in [1.807, 2.05) is 11.0 Å². The molecule has 0 radical (unpaired) electrons. The van der Waals surface area contributed by atoms with E-state index in [9.17, 15) is 9.18 Å². The molecule has 0 saturated heterocycles. The number of methoxy groups -OCH3 is 1. The van der Waals surface area contributed by atoms with Crippen molar-refractivity contribution in [3.63, 3.8) is 0 Å². The average molecular weight is 250 g/mol. The van der Waals surface area contributed by atoms with Crippen molar-refractivity contribution in [2.45, 2.75) is 13.0 Å². The summed E-state index contributed by atoms with van der Waals surface area (Å²) in [5.41, 5.74) is 0.801. The van der Waals surface area contributed by atoms with Crippen LogP contribution in [-0.2, 0) is 16.1 Å². The van der Waals surface area contributed by atoms with Gasteiger partial charge in [-0.1, -0.05) is 6.07 Å². The smallest absolute Gasteiger partial charge is 0.306 e. The highest BCUT2D eigenvalue weighted by molar-refractivity contribution is 5.69. The number of hydrogen-bond acceptors (Lipinski definition) is 4. The molecule has 0 fully saturated rings. The molecule has 0 amide bonds. The molecule has 1 aromatic rings. The maximum atomic E-state index is 13.6. The normalized spacial score (nSPS) is 10.2. The molecule has 0 aliphatic heterocycles. The molecule has 0 atom stereocenters. The number of nitriles is 1. The van der Waals surface area contributed by atoms with Gasteiger partial charge in [0.25, 0.3) is 0 Å². The Morgan fingerprint density at radius 2 is 2.28 bits per heavy atom. The van der Waals surface area contributed by atoms with Gasteiger partial charge in [0.15, 0.2) is 0 Å². The molecular weight excluding hydrogens is 235 g/mol. The first-order chi connectivity index (χ1) is 8.56. The molecule has 0 saturated carbocycles. The molecule has 18 heavy (non-hydrogen) atoms. The van der Waals surface area contributed by atoms with Gasteiger partial charge in [0.05, 0.1) is 25.2 Å². The molecule has 0 unspecified atom stereocenters. The van der Waals surface area contributed by atoms with Crippen LogP contribution in [0.5, 0.6) is 0 Å². The Kier molecular flexibility index (Phi) is 5.28. The zero-order valence-electron chi connectivity index (χ0n) is 10.4. The van der Waals surface area contributed by atoms with Gasteiger partial charge in [-0.25, -0.2) is 4.39 Å². The van der Waals surface area contributed by atoms with Crippen LogP contribution in [0.2, 0.25) is 0 Å². The maximum Gasteiger partial charge on any atom is 0.306 e. The summed E-state index contributed by atoms with van der Waals surface area (Å²) in [7, 11) is 3.13. The van der Waals surface area contributed by atoms with E-state index in [1.54, 1.807) is 19.2 Å². The fourth-order valence-electron chi connectivity index (χ4n) is 1.50. The average Bonchev–Trinajstić information content (AvgIpc) is 2.38. The van der Waals surface area contributed by atoms with Crippen molar-refractivity contribution < 1.29 is 13.9 Å². The lowest BCUT2D eigenvalue weighted by Crippen LogP contribution is -2.22. The van der Waals surface area contributed by atoms with Crippen molar-refractivity contribution >= 4 is 5.97 Å². The van der Waals surface area contributed by atoms with Crippen LogP contribution < -0.4 is 0 Å². The fourth-order valence-corrected chi connectivity index (χ4v) is 1.50. The third-order valence-corrected chi connectivity index (χ3v) is 2.55. The molecule has 0 aliphatic rings. The van der Waals surface area contributed by atoms with Crippen molar-refractivity contribution in [2.24, 2.45) is 0 Å². The van der Waals surface area contributed by atoms with E-state index in [4.69, 9.17) is 5.26 Å². The lowest BCUT2D eigenvalue weighted by molar-refractivity contribution is -0.140. The van der Waals surface area contributed by atoms with Gasteiger partial charge in [-0.05, 0) is 19.2 Å². The zero-order chi connectivity index (χ0) is 13.5. The molecule has 0 heterocycles. The summed E-state index contributed by atoms with van der Waals surface area (Å²) in [6.07, 6.45) is 0.269. The summed E-state index contributed by atoms with van der Waals surface area (Å²) < 4.78 is 18.1. The SMILES string of the molecule is COC(=O)CCN(C)Cc1ccc(C#N)cc1F. The van der Waals surface area contributed by atoms with Crippen molar-refractivity contribution in [2.75, 3.05) is 20.7 Å². The largest absolute Gasteiger partial charge is 0.469 e. The summed E-state index contributed by atoms with van der Waals surface area (Å²) >= 11 is 0. The van der Waals surface area contributed by atoms with Gasteiger partial charge in [-0.2, -0.15) is 5.26 Å². The minimum absolute atomic E-state index is 0.269. The maximum absolute atomic E-state index is 13.6. The summed E-state index contributed by atoms with van der Waals surface area (Å²) in [4.78, 5) is 12.8. The molecule has 0 spiro atoms. The van der Waals surface area contributed by atoms with E-state index < -0.39 is 5.82 Å². The number of hydrogen-bond donors (Lipinski definition) is 0. The first kappa shape index (κ1) is 14.1. The van der Waals surface area contributed by atoms with Crippen molar-refractivity contribution in [1.29, 1.82) is 5.26 Å². The summed E-state index contributed by atoms with van der Waals surface area (Å²) in [6.45, 7) is 0.876. The van der Waals surface area contributed by atoms with Crippen LogP contribution in [0.25, 0.3) is 0 Å². The highest BCUT2D eigenvalue weighted by Gasteiger charge is 2.08. The number of carbonyl (C=O) groups excluding carboxylic acids is 1. The van der Waals surface area contributed by atoms with Crippen molar-refractivity contribution in [1.82, 2.24) is 4.90 Å².